The van der Waals surface area contributed by atoms with E-state index in [1.54, 1.807) is 0 Å². The van der Waals surface area contributed by atoms with Crippen molar-refractivity contribution < 1.29 is 32.6 Å². The van der Waals surface area contributed by atoms with Crippen molar-refractivity contribution in [2.45, 2.75) is 95.9 Å². The van der Waals surface area contributed by atoms with Crippen LogP contribution < -0.4 is 11.0 Å². The van der Waals surface area contributed by atoms with Gasteiger partial charge in [0.25, 0.3) is 0 Å². The topological polar surface area (TPSA) is 112 Å². The Hall–Kier alpha value is -1.89. The summed E-state index contributed by atoms with van der Waals surface area (Å²) < 4.78 is 46.5. The number of aromatic nitrogens is 2. The highest BCUT2D eigenvalue weighted by molar-refractivity contribution is 6.74. The zero-order valence-electron chi connectivity index (χ0n) is 20.8. The molecule has 0 aromatic carbocycles. The molecule has 12 heteroatoms. The number of ether oxygens (including phenoxy) is 2. The van der Waals surface area contributed by atoms with Crippen LogP contribution in [0.1, 0.15) is 59.6 Å². The van der Waals surface area contributed by atoms with E-state index < -0.39 is 44.5 Å². The van der Waals surface area contributed by atoms with Crippen LogP contribution in [-0.4, -0.2) is 60.4 Å². The third-order valence-electron chi connectivity index (χ3n) is 6.34. The average Bonchev–Trinajstić information content (AvgIpc) is 2.95. The average molecular weight is 506 g/mol. The van der Waals surface area contributed by atoms with E-state index >= 15 is 0 Å². The number of unbranched alkanes of at least 4 members (excludes halogenated alkanes) is 3. The number of anilines is 1. The number of nitrogens with zero attached hydrogens (tertiary/aromatic N) is 2. The molecular weight excluding hydrogens is 468 g/mol. The van der Waals surface area contributed by atoms with Gasteiger partial charge in [-0.3, -0.25) is 9.88 Å². The molecule has 9 nitrogen and oxygen atoms in total. The number of hydrogen-bond acceptors (Lipinski definition) is 7. The van der Waals surface area contributed by atoms with Gasteiger partial charge in [0.2, 0.25) is 6.23 Å². The molecule has 1 amide bonds. The molecule has 2 heterocycles. The van der Waals surface area contributed by atoms with Crippen molar-refractivity contribution in [3.63, 3.8) is 0 Å². The van der Waals surface area contributed by atoms with Crippen LogP contribution in [0.3, 0.4) is 0 Å². The maximum atomic E-state index is 14.8. The first-order valence-corrected chi connectivity index (χ1v) is 14.5. The summed E-state index contributed by atoms with van der Waals surface area (Å²) in [4.78, 5) is 27.9. The third-order valence-corrected chi connectivity index (χ3v) is 10.8. The SMILES string of the molecule is CCCCCCOC(=O)Nc1ccn([C@@H]2O[C@H](CO[Si](C)(C)C(C)(C)C)[C@@H](O)C2(F)F)c(=O)n1. The fourth-order valence-corrected chi connectivity index (χ4v) is 4.12. The number of aliphatic hydroxyl groups is 1. The molecule has 1 aliphatic heterocycles. The van der Waals surface area contributed by atoms with Crippen molar-refractivity contribution in [1.29, 1.82) is 0 Å². The van der Waals surface area contributed by atoms with Gasteiger partial charge in [0.15, 0.2) is 14.4 Å². The van der Waals surface area contributed by atoms with Gasteiger partial charge in [0.05, 0.1) is 13.2 Å². The summed E-state index contributed by atoms with van der Waals surface area (Å²) in [6.45, 7) is 12.0. The van der Waals surface area contributed by atoms with Crippen LogP contribution in [0.2, 0.25) is 18.1 Å². The summed E-state index contributed by atoms with van der Waals surface area (Å²) in [5.74, 6) is -3.89. The first-order chi connectivity index (χ1) is 15.7. The van der Waals surface area contributed by atoms with Crippen LogP contribution in [0.5, 0.6) is 0 Å². The second-order valence-corrected chi connectivity index (χ2v) is 14.9. The second-order valence-electron chi connectivity index (χ2n) is 10.0. The number of rotatable bonds is 10. The van der Waals surface area contributed by atoms with Gasteiger partial charge in [-0.15, -0.1) is 0 Å². The van der Waals surface area contributed by atoms with Gasteiger partial charge in [-0.05, 0) is 30.6 Å². The van der Waals surface area contributed by atoms with Crippen LogP contribution in [0.15, 0.2) is 17.1 Å². The number of carbonyl (C=O) groups excluding carboxylic acids is 1. The van der Waals surface area contributed by atoms with Crippen LogP contribution in [0.4, 0.5) is 19.4 Å². The van der Waals surface area contributed by atoms with Crippen molar-refractivity contribution in [1.82, 2.24) is 9.55 Å². The zero-order valence-corrected chi connectivity index (χ0v) is 21.8. The molecule has 0 saturated carbocycles. The number of nitrogens with one attached hydrogen (secondary N) is 1. The molecule has 0 unspecified atom stereocenters. The summed E-state index contributed by atoms with van der Waals surface area (Å²) in [6.07, 6.45) is -1.55. The predicted octanol–water partition coefficient (Wildman–Crippen LogP) is 4.29. The van der Waals surface area contributed by atoms with Gasteiger partial charge in [-0.2, -0.15) is 13.8 Å². The summed E-state index contributed by atoms with van der Waals surface area (Å²) in [6, 6.07) is 1.19. The maximum absolute atomic E-state index is 14.8. The summed E-state index contributed by atoms with van der Waals surface area (Å²) in [7, 11) is -2.27. The lowest BCUT2D eigenvalue weighted by Gasteiger charge is -2.37. The quantitative estimate of drug-likeness (QED) is 0.360. The Morgan fingerprint density at radius 3 is 2.59 bits per heavy atom. The molecule has 3 atom stereocenters. The second kappa shape index (κ2) is 11.2. The fraction of sp³-hybridized carbons (Fsp3) is 0.773. The Morgan fingerprint density at radius 2 is 2.00 bits per heavy atom. The molecule has 0 aliphatic carbocycles. The largest absolute Gasteiger partial charge is 0.449 e. The Bertz CT molecular complexity index is 890. The number of alkyl halides is 2. The first kappa shape index (κ1) is 28.3. The van der Waals surface area contributed by atoms with Crippen LogP contribution in [-0.2, 0) is 13.9 Å². The van der Waals surface area contributed by atoms with Crippen LogP contribution in [0.25, 0.3) is 0 Å². The van der Waals surface area contributed by atoms with E-state index in [1.807, 2.05) is 33.9 Å². The summed E-state index contributed by atoms with van der Waals surface area (Å²) in [5.41, 5.74) is -1.07. The van der Waals surface area contributed by atoms with Crippen molar-refractivity contribution in [3.8, 4) is 0 Å². The predicted molar refractivity (Wildman–Crippen MR) is 126 cm³/mol. The van der Waals surface area contributed by atoms with Gasteiger partial charge in [0.1, 0.15) is 11.9 Å². The van der Waals surface area contributed by atoms with E-state index in [9.17, 15) is 23.5 Å². The molecule has 2 rings (SSSR count). The number of halogens is 2. The lowest BCUT2D eigenvalue weighted by molar-refractivity contribution is -0.140. The lowest BCUT2D eigenvalue weighted by Crippen LogP contribution is -2.45. The normalized spacial score (nSPS) is 22.6. The molecule has 1 saturated heterocycles. The monoisotopic (exact) mass is 505 g/mol. The molecule has 0 radical (unpaired) electrons. The third kappa shape index (κ3) is 6.83. The van der Waals surface area contributed by atoms with Crippen molar-refractivity contribution >= 4 is 20.2 Å². The number of hydrogen-bond donors (Lipinski definition) is 2. The van der Waals surface area contributed by atoms with Gasteiger partial charge < -0.3 is 19.0 Å². The molecule has 1 aromatic rings. The first-order valence-electron chi connectivity index (χ1n) is 11.6. The molecule has 0 spiro atoms. The minimum atomic E-state index is -3.75. The highest BCUT2D eigenvalue weighted by Crippen LogP contribution is 2.43. The number of carbonyl (C=O) groups is 1. The molecule has 0 bridgehead atoms. The molecule has 1 fully saturated rings. The molecule has 2 N–H and O–H groups in total. The minimum absolute atomic E-state index is 0.139. The Balaban J connectivity index is 2.04. The van der Waals surface area contributed by atoms with E-state index in [0.717, 1.165) is 25.5 Å². The maximum Gasteiger partial charge on any atom is 0.412 e. The standard InChI is InChI=1S/C22H37F2N3O6Si/c1-7-8-9-10-13-31-20(30)26-16-11-12-27(19(29)25-16)18-22(23,24)17(28)15(33-18)14-32-34(5,6)21(2,3)4/h11-12,15,17-18,28H,7-10,13-14H2,1-6H3,(H,25,26,29,30)/t15-,17-,18-/m1/s1. The highest BCUT2D eigenvalue weighted by atomic mass is 28.4. The van der Waals surface area contributed by atoms with Gasteiger partial charge >= 0.3 is 17.7 Å². The smallest absolute Gasteiger partial charge is 0.412 e. The Morgan fingerprint density at radius 1 is 1.32 bits per heavy atom. The van der Waals surface area contributed by atoms with Crippen molar-refractivity contribution in [2.24, 2.45) is 0 Å². The molecular formula is C22H37F2N3O6Si. The lowest BCUT2D eigenvalue weighted by atomic mass is 10.1. The van der Waals surface area contributed by atoms with E-state index in [4.69, 9.17) is 13.9 Å². The Labute approximate surface area is 199 Å². The Kier molecular flexibility index (Phi) is 9.36. The van der Waals surface area contributed by atoms with Crippen molar-refractivity contribution in [3.05, 3.63) is 22.7 Å². The molecule has 1 aromatic heterocycles. The molecule has 34 heavy (non-hydrogen) atoms. The van der Waals surface area contributed by atoms with Gasteiger partial charge in [0, 0.05) is 6.20 Å². The fourth-order valence-electron chi connectivity index (χ4n) is 3.11. The van der Waals surface area contributed by atoms with E-state index in [2.05, 4.69) is 17.2 Å². The molecule has 194 valence electrons. The summed E-state index contributed by atoms with van der Waals surface area (Å²) >= 11 is 0. The highest BCUT2D eigenvalue weighted by Gasteiger charge is 2.60. The summed E-state index contributed by atoms with van der Waals surface area (Å²) in [5, 5.41) is 12.3. The number of aliphatic hydroxyl groups excluding tert-OH is 1. The van der Waals surface area contributed by atoms with Crippen molar-refractivity contribution in [2.75, 3.05) is 18.5 Å². The zero-order chi connectivity index (χ0) is 25.7. The van der Waals surface area contributed by atoms with Gasteiger partial charge in [-0.25, -0.2) is 9.59 Å². The minimum Gasteiger partial charge on any atom is -0.449 e. The van der Waals surface area contributed by atoms with E-state index in [-0.39, 0.29) is 24.1 Å². The van der Waals surface area contributed by atoms with Crippen LogP contribution >= 0.6 is 0 Å². The van der Waals surface area contributed by atoms with E-state index in [1.165, 1.54) is 6.07 Å². The van der Waals surface area contributed by atoms with Gasteiger partial charge in [-0.1, -0.05) is 47.0 Å². The van der Waals surface area contributed by atoms with Crippen LogP contribution in [0, 0.1) is 0 Å². The molecule has 1 aliphatic rings. The van der Waals surface area contributed by atoms with E-state index in [0.29, 0.717) is 11.0 Å². The number of amides is 1.